The lowest BCUT2D eigenvalue weighted by Crippen LogP contribution is -2.45. The Morgan fingerprint density at radius 2 is 2.08 bits per heavy atom. The molecule has 2 N–H and O–H groups in total. The summed E-state index contributed by atoms with van der Waals surface area (Å²) in [6.07, 6.45) is 1.12. The van der Waals surface area contributed by atoms with E-state index in [0.717, 1.165) is 43.1 Å². The van der Waals surface area contributed by atoms with Gasteiger partial charge in [-0.1, -0.05) is 12.1 Å². The third-order valence-electron chi connectivity index (χ3n) is 5.26. The molecule has 0 spiro atoms. The Kier molecular flexibility index (Phi) is 3.90. The van der Waals surface area contributed by atoms with Gasteiger partial charge in [-0.25, -0.2) is 0 Å². The van der Waals surface area contributed by atoms with Crippen molar-refractivity contribution in [2.24, 2.45) is 5.92 Å². The third kappa shape index (κ3) is 2.44. The minimum absolute atomic E-state index is 0.0123. The number of rotatable bonds is 3. The Hall–Kier alpha value is -2.11. The van der Waals surface area contributed by atoms with Gasteiger partial charge >= 0.3 is 0 Å². The van der Waals surface area contributed by atoms with E-state index in [0.29, 0.717) is 23.0 Å². The van der Waals surface area contributed by atoms with Gasteiger partial charge in [0.1, 0.15) is 5.75 Å². The van der Waals surface area contributed by atoms with E-state index >= 15 is 0 Å². The zero-order valence-electron chi connectivity index (χ0n) is 13.8. The zero-order chi connectivity index (χ0) is 16.7. The maximum absolute atomic E-state index is 13.2. The molecule has 24 heavy (non-hydrogen) atoms. The highest BCUT2D eigenvalue weighted by molar-refractivity contribution is 5.67. The monoisotopic (exact) mass is 326 g/mol. The molecule has 126 valence electrons. The fourth-order valence-corrected chi connectivity index (χ4v) is 4.09. The van der Waals surface area contributed by atoms with Gasteiger partial charge in [0.2, 0.25) is 0 Å². The Balaban J connectivity index is 1.88. The van der Waals surface area contributed by atoms with Gasteiger partial charge in [0, 0.05) is 24.7 Å². The summed E-state index contributed by atoms with van der Waals surface area (Å²) < 4.78 is 7.12. The quantitative estimate of drug-likeness (QED) is 0.901. The van der Waals surface area contributed by atoms with Crippen LogP contribution in [0, 0.1) is 5.92 Å². The molecule has 5 nitrogen and oxygen atoms in total. The first kappa shape index (κ1) is 15.4. The van der Waals surface area contributed by atoms with Gasteiger partial charge in [0.25, 0.3) is 5.56 Å². The minimum Gasteiger partial charge on any atom is -0.497 e. The number of aromatic nitrogens is 1. The molecule has 2 unspecified atom stereocenters. The summed E-state index contributed by atoms with van der Waals surface area (Å²) in [4.78, 5) is 13.2. The molecule has 1 aromatic heterocycles. The van der Waals surface area contributed by atoms with E-state index in [9.17, 15) is 9.90 Å². The van der Waals surface area contributed by atoms with E-state index in [-0.39, 0.29) is 12.2 Å². The van der Waals surface area contributed by atoms with E-state index < -0.39 is 0 Å². The normalized spacial score (nSPS) is 22.1. The molecule has 2 bridgehead atoms. The molecule has 1 saturated heterocycles. The fraction of sp³-hybridized carbons (Fsp3) is 0.421. The van der Waals surface area contributed by atoms with Crippen LogP contribution in [-0.2, 0) is 13.2 Å². The largest absolute Gasteiger partial charge is 0.497 e. The summed E-state index contributed by atoms with van der Waals surface area (Å²) in [5, 5.41) is 13.3. The van der Waals surface area contributed by atoms with Crippen LogP contribution in [0.15, 0.2) is 35.1 Å². The molecule has 3 heterocycles. The molecule has 4 rings (SSSR count). The molecule has 5 heteroatoms. The molecular formula is C19H22N2O3. The topological polar surface area (TPSA) is 63.5 Å². The highest BCUT2D eigenvalue weighted by Gasteiger charge is 2.32. The predicted octanol–water partition coefficient (Wildman–Crippen LogP) is 1.72. The summed E-state index contributed by atoms with van der Waals surface area (Å²) in [6, 6.07) is 9.48. The number of piperidine rings is 1. The average Bonchev–Trinajstić information content (AvgIpc) is 2.63. The Morgan fingerprint density at radius 3 is 2.79 bits per heavy atom. The Bertz CT molecular complexity index is 811. The molecule has 1 aromatic carbocycles. The highest BCUT2D eigenvalue weighted by atomic mass is 16.5. The number of nitrogens with zero attached hydrogens (tertiary/aromatic N) is 1. The van der Waals surface area contributed by atoms with Gasteiger partial charge in [-0.05, 0) is 48.2 Å². The SMILES string of the molecule is COc1ccc(-c2c(CO)cc3n(c2=O)CC2CNCC3C2)cc1. The molecule has 0 amide bonds. The number of aliphatic hydroxyl groups excluding tert-OH is 1. The van der Waals surface area contributed by atoms with Gasteiger partial charge in [0.05, 0.1) is 19.3 Å². The van der Waals surface area contributed by atoms with Gasteiger partial charge in [0.15, 0.2) is 0 Å². The highest BCUT2D eigenvalue weighted by Crippen LogP contribution is 2.34. The standard InChI is InChI=1S/C19H22N2O3/c1-24-16-4-2-13(3-5-16)18-15(11-22)7-17-14-6-12(8-20-9-14)10-21(17)19(18)23/h2-5,7,12,14,20,22H,6,8-11H2,1H3. The summed E-state index contributed by atoms with van der Waals surface area (Å²) in [5.74, 6) is 1.63. The van der Waals surface area contributed by atoms with Crippen molar-refractivity contribution in [1.82, 2.24) is 9.88 Å². The van der Waals surface area contributed by atoms with Crippen LogP contribution in [0.5, 0.6) is 5.75 Å². The number of hydrogen-bond acceptors (Lipinski definition) is 4. The summed E-state index contributed by atoms with van der Waals surface area (Å²) >= 11 is 0. The maximum atomic E-state index is 13.2. The molecule has 0 aliphatic carbocycles. The molecule has 2 aliphatic rings. The first-order valence-electron chi connectivity index (χ1n) is 8.44. The molecule has 2 aromatic rings. The fourth-order valence-electron chi connectivity index (χ4n) is 4.09. The number of methoxy groups -OCH3 is 1. The maximum Gasteiger partial charge on any atom is 0.259 e. The number of hydrogen-bond donors (Lipinski definition) is 2. The van der Waals surface area contributed by atoms with Crippen molar-refractivity contribution in [2.45, 2.75) is 25.5 Å². The van der Waals surface area contributed by atoms with Crippen LogP contribution in [0.25, 0.3) is 11.1 Å². The number of ether oxygens (including phenoxy) is 1. The number of aliphatic hydroxyl groups is 1. The second kappa shape index (κ2) is 6.07. The van der Waals surface area contributed by atoms with Crippen LogP contribution in [0.4, 0.5) is 0 Å². The van der Waals surface area contributed by atoms with Crippen LogP contribution < -0.4 is 15.6 Å². The van der Waals surface area contributed by atoms with Crippen LogP contribution in [0.3, 0.4) is 0 Å². The van der Waals surface area contributed by atoms with Crippen molar-refractivity contribution in [2.75, 3.05) is 20.2 Å². The van der Waals surface area contributed by atoms with Crippen molar-refractivity contribution in [3.8, 4) is 16.9 Å². The van der Waals surface area contributed by atoms with Gasteiger partial charge in [-0.15, -0.1) is 0 Å². The lowest BCUT2D eigenvalue weighted by atomic mass is 9.83. The molecule has 1 fully saturated rings. The lowest BCUT2D eigenvalue weighted by Gasteiger charge is -2.38. The lowest BCUT2D eigenvalue weighted by molar-refractivity contribution is 0.253. The number of benzene rings is 1. The third-order valence-corrected chi connectivity index (χ3v) is 5.26. The van der Waals surface area contributed by atoms with E-state index in [4.69, 9.17) is 4.74 Å². The molecule has 2 aliphatic heterocycles. The molecular weight excluding hydrogens is 304 g/mol. The number of nitrogens with one attached hydrogen (secondary N) is 1. The van der Waals surface area contributed by atoms with E-state index in [1.807, 2.05) is 34.9 Å². The smallest absolute Gasteiger partial charge is 0.259 e. The second-order valence-corrected chi connectivity index (χ2v) is 6.73. The zero-order valence-corrected chi connectivity index (χ0v) is 13.8. The first-order valence-corrected chi connectivity index (χ1v) is 8.44. The minimum atomic E-state index is -0.131. The van der Waals surface area contributed by atoms with Crippen LogP contribution >= 0.6 is 0 Å². The van der Waals surface area contributed by atoms with E-state index in [1.54, 1.807) is 7.11 Å². The molecule has 0 radical (unpaired) electrons. The van der Waals surface area contributed by atoms with E-state index in [1.165, 1.54) is 0 Å². The van der Waals surface area contributed by atoms with Crippen LogP contribution in [0.2, 0.25) is 0 Å². The van der Waals surface area contributed by atoms with Crippen molar-refractivity contribution in [3.63, 3.8) is 0 Å². The Labute approximate surface area is 140 Å². The van der Waals surface area contributed by atoms with Crippen molar-refractivity contribution in [1.29, 1.82) is 0 Å². The Morgan fingerprint density at radius 1 is 1.29 bits per heavy atom. The van der Waals surface area contributed by atoms with Crippen molar-refractivity contribution in [3.05, 3.63) is 51.9 Å². The summed E-state index contributed by atoms with van der Waals surface area (Å²) in [6.45, 7) is 2.51. The number of fused-ring (bicyclic) bond motifs is 4. The average molecular weight is 326 g/mol. The van der Waals surface area contributed by atoms with Crippen molar-refractivity contribution >= 4 is 0 Å². The number of pyridine rings is 1. The molecule has 0 saturated carbocycles. The van der Waals surface area contributed by atoms with Gasteiger partial charge in [-0.2, -0.15) is 0 Å². The van der Waals surface area contributed by atoms with Crippen molar-refractivity contribution < 1.29 is 9.84 Å². The first-order chi connectivity index (χ1) is 11.7. The van der Waals surface area contributed by atoms with Gasteiger partial charge in [-0.3, -0.25) is 4.79 Å². The summed E-state index contributed by atoms with van der Waals surface area (Å²) in [5.41, 5.74) is 3.22. The second-order valence-electron chi connectivity index (χ2n) is 6.73. The van der Waals surface area contributed by atoms with Crippen LogP contribution in [0.1, 0.15) is 23.6 Å². The molecule has 2 atom stereocenters. The van der Waals surface area contributed by atoms with E-state index in [2.05, 4.69) is 5.32 Å². The van der Waals surface area contributed by atoms with Gasteiger partial charge < -0.3 is 19.7 Å². The summed E-state index contributed by atoms with van der Waals surface area (Å²) in [7, 11) is 1.62. The predicted molar refractivity (Wildman–Crippen MR) is 92.3 cm³/mol. The van der Waals surface area contributed by atoms with Crippen LogP contribution in [-0.4, -0.2) is 29.9 Å².